The zero-order chi connectivity index (χ0) is 18.1. The molecule has 0 aromatic carbocycles. The van der Waals surface area contributed by atoms with E-state index in [1.165, 1.54) is 4.90 Å². The fourth-order valence-electron chi connectivity index (χ4n) is 1.59. The third kappa shape index (κ3) is 6.42. The third-order valence-corrected chi connectivity index (χ3v) is 2.89. The summed E-state index contributed by atoms with van der Waals surface area (Å²) in [4.78, 5) is 42.0. The smallest absolute Gasteiger partial charge is 0.321 e. The zero-order valence-corrected chi connectivity index (χ0v) is 14.2. The number of aromatic nitrogens is 4. The summed E-state index contributed by atoms with van der Waals surface area (Å²) in [5.41, 5.74) is 0. The van der Waals surface area contributed by atoms with E-state index in [4.69, 9.17) is 4.74 Å². The molecule has 130 valence electrons. The number of carbonyl (C=O) groups is 3. The molecule has 2 rings (SSSR count). The number of hydrogen-bond acceptors (Lipinski definition) is 6. The van der Waals surface area contributed by atoms with Crippen molar-refractivity contribution in [3.05, 3.63) is 36.4 Å². The topological polar surface area (TPSA) is 99.3 Å². The number of rotatable bonds is 5. The molecule has 0 aliphatic rings. The maximum Gasteiger partial charge on any atom is 0.321 e. The van der Waals surface area contributed by atoms with E-state index >= 15 is 0 Å². The lowest BCUT2D eigenvalue weighted by molar-refractivity contribution is -0.158. The van der Waals surface area contributed by atoms with Gasteiger partial charge in [-0.1, -0.05) is 0 Å². The maximum absolute atomic E-state index is 11.6. The Hall–Kier alpha value is -2.97. The molecule has 0 spiro atoms. The van der Waals surface area contributed by atoms with Crippen molar-refractivity contribution < 1.29 is 19.1 Å². The van der Waals surface area contributed by atoms with E-state index in [2.05, 4.69) is 9.97 Å². The molecule has 0 bridgehead atoms. The van der Waals surface area contributed by atoms with Crippen LogP contribution in [0.25, 0.3) is 0 Å². The van der Waals surface area contributed by atoms with E-state index in [9.17, 15) is 14.4 Å². The summed E-state index contributed by atoms with van der Waals surface area (Å²) in [5, 5.41) is 0. The van der Waals surface area contributed by atoms with Gasteiger partial charge in [-0.3, -0.25) is 14.4 Å². The summed E-state index contributed by atoms with van der Waals surface area (Å²) >= 11 is 0. The quantitative estimate of drug-likeness (QED) is 0.423. The molecule has 0 atom stereocenters. The van der Waals surface area contributed by atoms with E-state index in [1.807, 2.05) is 0 Å². The van der Waals surface area contributed by atoms with Crippen molar-refractivity contribution >= 4 is 18.3 Å². The Morgan fingerprint density at radius 2 is 1.42 bits per heavy atom. The van der Waals surface area contributed by atoms with Gasteiger partial charge >= 0.3 is 11.9 Å². The van der Waals surface area contributed by atoms with Crippen LogP contribution in [-0.2, 0) is 46.1 Å². The molecule has 0 fully saturated rings. The minimum absolute atomic E-state index is 0.0319. The van der Waals surface area contributed by atoms with Crippen LogP contribution in [0.3, 0.4) is 0 Å². The number of amides is 1. The number of esters is 2. The number of nitrogens with zero attached hydrogens (tertiary/aromatic N) is 5. The molecule has 0 aliphatic carbocycles. The van der Waals surface area contributed by atoms with Crippen LogP contribution in [0.4, 0.5) is 0 Å². The molecule has 9 nitrogen and oxygen atoms in total. The van der Waals surface area contributed by atoms with Gasteiger partial charge in [-0.25, -0.2) is 9.97 Å². The second-order valence-corrected chi connectivity index (χ2v) is 5.18. The van der Waals surface area contributed by atoms with E-state index in [0.29, 0.717) is 11.6 Å². The van der Waals surface area contributed by atoms with Gasteiger partial charge in [0, 0.05) is 53.0 Å². The molecule has 2 heterocycles. The van der Waals surface area contributed by atoms with Crippen molar-refractivity contribution in [1.82, 2.24) is 24.0 Å². The largest absolute Gasteiger partial charge is 0.392 e. The number of carbonyl (C=O) groups excluding carboxylic acids is 3. The summed E-state index contributed by atoms with van der Waals surface area (Å²) in [7, 11) is 6.91. The predicted molar refractivity (Wildman–Crippen MR) is 84.7 cm³/mol. The van der Waals surface area contributed by atoms with Crippen LogP contribution < -0.4 is 0 Å². The highest BCUT2D eigenvalue weighted by Gasteiger charge is 2.15. The fourth-order valence-corrected chi connectivity index (χ4v) is 1.59. The molecule has 2 aromatic rings. The molecule has 0 N–H and O–H groups in total. The Morgan fingerprint density at radius 3 is 1.67 bits per heavy atom. The second kappa shape index (κ2) is 9.23. The lowest BCUT2D eigenvalue weighted by Gasteiger charge is -2.03. The van der Waals surface area contributed by atoms with Gasteiger partial charge in [0.05, 0.1) is 0 Å². The highest BCUT2D eigenvalue weighted by molar-refractivity contribution is 5.87. The highest BCUT2D eigenvalue weighted by Crippen LogP contribution is 2.01. The molecule has 0 aliphatic heterocycles. The molecule has 0 saturated heterocycles. The molecule has 24 heavy (non-hydrogen) atoms. The van der Waals surface area contributed by atoms with Crippen molar-refractivity contribution in [2.24, 2.45) is 14.1 Å². The average molecular weight is 335 g/mol. The summed E-state index contributed by atoms with van der Waals surface area (Å²) in [6.45, 7) is 0. The average Bonchev–Trinajstić information content (AvgIpc) is 3.09. The van der Waals surface area contributed by atoms with E-state index in [0.717, 1.165) is 6.41 Å². The van der Waals surface area contributed by atoms with E-state index < -0.39 is 11.9 Å². The third-order valence-electron chi connectivity index (χ3n) is 2.89. The normalized spacial score (nSPS) is 9.67. The minimum Gasteiger partial charge on any atom is -0.392 e. The molecule has 1 amide bonds. The predicted octanol–water partition coefficient (Wildman–Crippen LogP) is -0.287. The van der Waals surface area contributed by atoms with Crippen molar-refractivity contribution in [2.75, 3.05) is 14.1 Å². The summed E-state index contributed by atoms with van der Waals surface area (Å²) in [6.07, 6.45) is 7.29. The first-order valence-corrected chi connectivity index (χ1v) is 7.11. The lowest BCUT2D eigenvalue weighted by atomic mass is 10.4. The molecule has 2 aromatic heterocycles. The number of aryl methyl sites for hydroxylation is 2. The van der Waals surface area contributed by atoms with Gasteiger partial charge in [0.25, 0.3) is 0 Å². The second-order valence-electron chi connectivity index (χ2n) is 5.18. The lowest BCUT2D eigenvalue weighted by Crippen LogP contribution is -2.19. The molecular formula is C15H21N5O4. The Bertz CT molecular complexity index is 637. The summed E-state index contributed by atoms with van der Waals surface area (Å²) in [6, 6.07) is 0. The van der Waals surface area contributed by atoms with Gasteiger partial charge in [-0.2, -0.15) is 0 Å². The van der Waals surface area contributed by atoms with Gasteiger partial charge in [0.2, 0.25) is 6.41 Å². The first kappa shape index (κ1) is 19.1. The number of imidazole rings is 2. The van der Waals surface area contributed by atoms with Gasteiger partial charge in [-0.15, -0.1) is 0 Å². The van der Waals surface area contributed by atoms with Gasteiger partial charge < -0.3 is 18.8 Å². The van der Waals surface area contributed by atoms with Crippen molar-refractivity contribution in [3.63, 3.8) is 0 Å². The van der Waals surface area contributed by atoms with E-state index in [1.54, 1.807) is 62.1 Å². The first-order valence-electron chi connectivity index (χ1n) is 7.11. The Kier molecular flexibility index (Phi) is 7.34. The minimum atomic E-state index is -0.617. The fraction of sp³-hybridized carbons (Fsp3) is 0.400. The Balaban J connectivity index is 0.000000505. The SMILES string of the molecule is CN(C)C=O.Cn1ccnc1CC(=O)OC(=O)Cc1nccn1C. The van der Waals surface area contributed by atoms with Gasteiger partial charge in [0.15, 0.2) is 0 Å². The molecule has 0 radical (unpaired) electrons. The van der Waals surface area contributed by atoms with Crippen molar-refractivity contribution in [2.45, 2.75) is 12.8 Å². The van der Waals surface area contributed by atoms with Crippen LogP contribution in [0.1, 0.15) is 11.6 Å². The Morgan fingerprint density at radius 1 is 1.04 bits per heavy atom. The van der Waals surface area contributed by atoms with Crippen LogP contribution in [0, 0.1) is 0 Å². The standard InChI is InChI=1S/C12H14N4O3.C3H7NO/c1-15-5-3-13-9(15)7-11(17)19-12(18)8-10-14-4-6-16(10)2;1-4(2)3-5/h3-6H,7-8H2,1-2H3;3H,1-2H3. The first-order chi connectivity index (χ1) is 11.3. The Labute approximate surface area is 139 Å². The van der Waals surface area contributed by atoms with Gasteiger partial charge in [-0.05, 0) is 0 Å². The molecular weight excluding hydrogens is 314 g/mol. The monoisotopic (exact) mass is 335 g/mol. The van der Waals surface area contributed by atoms with Crippen molar-refractivity contribution in [1.29, 1.82) is 0 Å². The maximum atomic E-state index is 11.6. The molecule has 0 unspecified atom stereocenters. The number of hydrogen-bond donors (Lipinski definition) is 0. The molecule has 9 heteroatoms. The molecule has 0 saturated carbocycles. The number of ether oxygens (including phenoxy) is 1. The summed E-state index contributed by atoms with van der Waals surface area (Å²) in [5.74, 6) is -0.133. The van der Waals surface area contributed by atoms with Crippen molar-refractivity contribution in [3.8, 4) is 0 Å². The van der Waals surface area contributed by atoms with E-state index in [-0.39, 0.29) is 12.8 Å². The zero-order valence-electron chi connectivity index (χ0n) is 14.2. The van der Waals surface area contributed by atoms with Crippen LogP contribution in [0.5, 0.6) is 0 Å². The van der Waals surface area contributed by atoms with Crippen LogP contribution in [-0.4, -0.2) is 56.4 Å². The van der Waals surface area contributed by atoms with Crippen LogP contribution >= 0.6 is 0 Å². The summed E-state index contributed by atoms with van der Waals surface area (Å²) < 4.78 is 8.12. The highest BCUT2D eigenvalue weighted by atomic mass is 16.6. The van der Waals surface area contributed by atoms with Crippen LogP contribution in [0.15, 0.2) is 24.8 Å². The van der Waals surface area contributed by atoms with Crippen LogP contribution in [0.2, 0.25) is 0 Å². The van der Waals surface area contributed by atoms with Gasteiger partial charge in [0.1, 0.15) is 24.5 Å².